The molecule has 8 heavy (non-hydrogen) atoms. The van der Waals surface area contributed by atoms with Crippen molar-refractivity contribution < 1.29 is 4.79 Å². The minimum Gasteiger partial charge on any atom is -0.273 e. The van der Waals surface area contributed by atoms with Crippen molar-refractivity contribution in [2.45, 2.75) is 26.3 Å². The third kappa shape index (κ3) is 0.831. The molecule has 0 aliphatic carbocycles. The van der Waals surface area contributed by atoms with Gasteiger partial charge in [0.15, 0.2) is 0 Å². The van der Waals surface area contributed by atoms with Crippen LogP contribution in [0.2, 0.25) is 0 Å². The average Bonchev–Trinajstić information content (AvgIpc) is 1.85. The molecule has 2 heteroatoms. The predicted octanol–water partition coefficient (Wildman–Crippen LogP) is 0.546. The van der Waals surface area contributed by atoms with Crippen LogP contribution in [0.1, 0.15) is 20.3 Å². The van der Waals surface area contributed by atoms with E-state index >= 15 is 0 Å². The molecule has 1 aliphatic rings. The molecule has 1 aliphatic heterocycles. The van der Waals surface area contributed by atoms with Crippen LogP contribution in [0.25, 0.3) is 0 Å². The fourth-order valence-electron chi connectivity index (χ4n) is 1.01. The van der Waals surface area contributed by atoms with Crippen LogP contribution >= 0.6 is 0 Å². The van der Waals surface area contributed by atoms with E-state index in [1.54, 1.807) is 0 Å². The Kier molecular flexibility index (Phi) is 1.24. The first kappa shape index (κ1) is 5.60. The van der Waals surface area contributed by atoms with Crippen LogP contribution in [-0.2, 0) is 4.79 Å². The number of amides is 1. The maximum atomic E-state index is 10.6. The smallest absolute Gasteiger partial charge is 0.244 e. The molecule has 1 amide bonds. The summed E-state index contributed by atoms with van der Waals surface area (Å²) in [7, 11) is 0. The normalized spacial score (nSPS) is 37.5. The fraction of sp³-hybridized carbons (Fsp3) is 0.833. The van der Waals surface area contributed by atoms with E-state index < -0.39 is 0 Å². The summed E-state index contributed by atoms with van der Waals surface area (Å²) in [5.74, 6) is 0.266. The molecule has 1 saturated heterocycles. The summed E-state index contributed by atoms with van der Waals surface area (Å²) in [4.78, 5) is 10.6. The maximum Gasteiger partial charge on any atom is 0.244 e. The van der Waals surface area contributed by atoms with E-state index in [0.29, 0.717) is 0 Å². The molecule has 0 aromatic heterocycles. The third-order valence-electron chi connectivity index (χ3n) is 1.46. The van der Waals surface area contributed by atoms with Crippen molar-refractivity contribution in [3.63, 3.8) is 0 Å². The third-order valence-corrected chi connectivity index (χ3v) is 1.46. The van der Waals surface area contributed by atoms with Gasteiger partial charge in [0.1, 0.15) is 0 Å². The second-order valence-corrected chi connectivity index (χ2v) is 2.45. The molecule has 0 spiro atoms. The van der Waals surface area contributed by atoms with E-state index in [1.807, 2.05) is 13.8 Å². The zero-order valence-electron chi connectivity index (χ0n) is 5.22. The Morgan fingerprint density at radius 2 is 2.25 bits per heavy atom. The highest BCUT2D eigenvalue weighted by molar-refractivity contribution is 5.80. The largest absolute Gasteiger partial charge is 0.273 e. The Bertz CT molecular complexity index is 111. The van der Waals surface area contributed by atoms with Gasteiger partial charge >= 0.3 is 0 Å². The van der Waals surface area contributed by atoms with Gasteiger partial charge in [-0.05, 0) is 13.3 Å². The molecule has 0 saturated carbocycles. The summed E-state index contributed by atoms with van der Waals surface area (Å²) < 4.78 is 0. The predicted molar refractivity (Wildman–Crippen MR) is 30.4 cm³/mol. The molecule has 2 atom stereocenters. The zero-order chi connectivity index (χ0) is 6.15. The topological polar surface area (TPSA) is 31.2 Å². The summed E-state index contributed by atoms with van der Waals surface area (Å²) in [6.07, 6.45) is 0.943. The molecule has 0 N–H and O–H groups in total. The highest BCUT2D eigenvalue weighted by atomic mass is 16.2. The molecule has 1 radical (unpaired) electrons. The molecule has 1 rings (SSSR count). The lowest BCUT2D eigenvalue weighted by Crippen LogP contribution is -2.14. The van der Waals surface area contributed by atoms with Crippen LogP contribution in [-0.4, -0.2) is 11.9 Å². The second-order valence-electron chi connectivity index (χ2n) is 2.45. The number of hydrogen-bond acceptors (Lipinski definition) is 1. The Hall–Kier alpha value is -0.530. The van der Waals surface area contributed by atoms with Crippen molar-refractivity contribution >= 4 is 5.91 Å². The average molecular weight is 112 g/mol. The van der Waals surface area contributed by atoms with Gasteiger partial charge in [-0.25, -0.2) is 5.32 Å². The first-order valence-electron chi connectivity index (χ1n) is 2.95. The highest BCUT2D eigenvalue weighted by Crippen LogP contribution is 2.14. The van der Waals surface area contributed by atoms with E-state index in [2.05, 4.69) is 5.32 Å². The summed E-state index contributed by atoms with van der Waals surface area (Å²) in [6, 6.07) is 0.275. The Labute approximate surface area is 49.3 Å². The molecular weight excluding hydrogens is 102 g/mol. The molecule has 0 bridgehead atoms. The number of hydrogen-bond donors (Lipinski definition) is 0. The van der Waals surface area contributed by atoms with E-state index in [9.17, 15) is 4.79 Å². The quantitative estimate of drug-likeness (QED) is 0.450. The molecule has 2 nitrogen and oxygen atoms in total. The van der Waals surface area contributed by atoms with E-state index in [1.165, 1.54) is 0 Å². The monoisotopic (exact) mass is 112 g/mol. The van der Waals surface area contributed by atoms with Crippen LogP contribution in [0.5, 0.6) is 0 Å². The van der Waals surface area contributed by atoms with Crippen LogP contribution in [0.15, 0.2) is 0 Å². The molecular formula is C6H10NO. The van der Waals surface area contributed by atoms with Gasteiger partial charge < -0.3 is 0 Å². The first-order chi connectivity index (χ1) is 3.70. The SMILES string of the molecule is C[C@@H]1C[C@H](C)[N]C1=O. The van der Waals surface area contributed by atoms with Gasteiger partial charge in [0.25, 0.3) is 0 Å². The maximum absolute atomic E-state index is 10.6. The summed E-state index contributed by atoms with van der Waals surface area (Å²) in [5, 5.41) is 3.83. The Morgan fingerprint density at radius 3 is 2.38 bits per heavy atom. The summed E-state index contributed by atoms with van der Waals surface area (Å²) >= 11 is 0. The van der Waals surface area contributed by atoms with Crippen LogP contribution in [0, 0.1) is 5.92 Å². The second kappa shape index (κ2) is 1.77. The van der Waals surface area contributed by atoms with Crippen LogP contribution in [0.3, 0.4) is 0 Å². The van der Waals surface area contributed by atoms with Crippen LogP contribution < -0.4 is 5.32 Å². The lowest BCUT2D eigenvalue weighted by atomic mass is 10.1. The van der Waals surface area contributed by atoms with Crippen LogP contribution in [0.4, 0.5) is 0 Å². The zero-order valence-corrected chi connectivity index (χ0v) is 5.22. The van der Waals surface area contributed by atoms with E-state index in [-0.39, 0.29) is 17.9 Å². The van der Waals surface area contributed by atoms with Crippen molar-refractivity contribution in [2.24, 2.45) is 5.92 Å². The van der Waals surface area contributed by atoms with Gasteiger partial charge in [0, 0.05) is 5.92 Å². The molecule has 0 unspecified atom stereocenters. The fourth-order valence-corrected chi connectivity index (χ4v) is 1.01. The first-order valence-corrected chi connectivity index (χ1v) is 2.95. The lowest BCUT2D eigenvalue weighted by Gasteiger charge is -1.92. The van der Waals surface area contributed by atoms with Crippen molar-refractivity contribution in [1.82, 2.24) is 5.32 Å². The number of rotatable bonds is 0. The van der Waals surface area contributed by atoms with Gasteiger partial charge in [-0.1, -0.05) is 6.92 Å². The van der Waals surface area contributed by atoms with E-state index in [0.717, 1.165) is 6.42 Å². The van der Waals surface area contributed by atoms with Crippen molar-refractivity contribution in [2.75, 3.05) is 0 Å². The summed E-state index contributed by atoms with van der Waals surface area (Å²) in [6.45, 7) is 3.90. The molecule has 0 aromatic rings. The van der Waals surface area contributed by atoms with E-state index in [4.69, 9.17) is 0 Å². The highest BCUT2D eigenvalue weighted by Gasteiger charge is 2.26. The van der Waals surface area contributed by atoms with Gasteiger partial charge in [-0.15, -0.1) is 0 Å². The molecule has 45 valence electrons. The minimum atomic E-state index is 0.0810. The standard InChI is InChI=1S/C6H10NO/c1-4-3-5(2)7-6(4)8/h4-5H,3H2,1-2H3/t4-,5+/m1/s1. The van der Waals surface area contributed by atoms with Crippen molar-refractivity contribution in [1.29, 1.82) is 0 Å². The van der Waals surface area contributed by atoms with Gasteiger partial charge in [-0.3, -0.25) is 4.79 Å². The van der Waals surface area contributed by atoms with Crippen molar-refractivity contribution in [3.8, 4) is 0 Å². The minimum absolute atomic E-state index is 0.0810. The Morgan fingerprint density at radius 1 is 1.62 bits per heavy atom. The molecule has 0 aromatic carbocycles. The number of nitrogens with zero attached hydrogens (tertiary/aromatic N) is 1. The van der Waals surface area contributed by atoms with Crippen molar-refractivity contribution in [3.05, 3.63) is 0 Å². The lowest BCUT2D eigenvalue weighted by molar-refractivity contribution is -0.122. The number of carbonyl (C=O) groups is 1. The molecule has 1 fully saturated rings. The van der Waals surface area contributed by atoms with Gasteiger partial charge in [0.05, 0.1) is 6.04 Å². The van der Waals surface area contributed by atoms with Gasteiger partial charge in [-0.2, -0.15) is 0 Å². The summed E-state index contributed by atoms with van der Waals surface area (Å²) in [5.41, 5.74) is 0. The Balaban J connectivity index is 2.51. The van der Waals surface area contributed by atoms with Gasteiger partial charge in [0.2, 0.25) is 5.91 Å². The molecule has 1 heterocycles. The number of carbonyl (C=O) groups excluding carboxylic acids is 1.